The van der Waals surface area contributed by atoms with E-state index in [-0.39, 0.29) is 0 Å². The Kier molecular flexibility index (Phi) is 4.75. The predicted octanol–water partition coefficient (Wildman–Crippen LogP) is 4.69. The monoisotopic (exact) mass is 299 g/mol. The third kappa shape index (κ3) is 3.31. The van der Waals surface area contributed by atoms with Crippen LogP contribution in [-0.4, -0.2) is 11.2 Å². The molecule has 0 fully saturated rings. The van der Waals surface area contributed by atoms with Gasteiger partial charge in [-0.2, -0.15) is 0 Å². The van der Waals surface area contributed by atoms with Gasteiger partial charge in [-0.15, -0.1) is 11.8 Å². The average molecular weight is 300 g/mol. The lowest BCUT2D eigenvalue weighted by Crippen LogP contribution is -1.98. The van der Waals surface area contributed by atoms with Gasteiger partial charge in [0, 0.05) is 16.7 Å². The van der Waals surface area contributed by atoms with Gasteiger partial charge in [-0.05, 0) is 24.5 Å². The third-order valence-electron chi connectivity index (χ3n) is 2.35. The summed E-state index contributed by atoms with van der Waals surface area (Å²) in [7, 11) is 0. The Hall–Kier alpha value is -0.900. The van der Waals surface area contributed by atoms with E-state index in [1.165, 1.54) is 0 Å². The molecule has 2 aromatic rings. The summed E-state index contributed by atoms with van der Waals surface area (Å²) < 4.78 is 5.75. The van der Waals surface area contributed by atoms with E-state index in [9.17, 15) is 0 Å². The van der Waals surface area contributed by atoms with E-state index in [1.54, 1.807) is 24.0 Å². The molecule has 94 valence electrons. The molecule has 2 nitrogen and oxygen atoms in total. The summed E-state index contributed by atoms with van der Waals surface area (Å²) in [6.45, 7) is 0.376. The second-order valence-corrected chi connectivity index (χ2v) is 5.18. The van der Waals surface area contributed by atoms with Gasteiger partial charge in [0.1, 0.15) is 17.5 Å². The maximum Gasteiger partial charge on any atom is 0.133 e. The first-order valence-corrected chi connectivity index (χ1v) is 7.24. The minimum absolute atomic E-state index is 0.376. The fourth-order valence-electron chi connectivity index (χ4n) is 1.44. The molecule has 2 rings (SSSR count). The summed E-state index contributed by atoms with van der Waals surface area (Å²) in [5.74, 6) is 0.844. The molecule has 0 aliphatic carbocycles. The van der Waals surface area contributed by atoms with Crippen molar-refractivity contribution in [2.75, 3.05) is 6.26 Å². The maximum absolute atomic E-state index is 6.06. The molecular weight excluding hydrogens is 289 g/mol. The van der Waals surface area contributed by atoms with Crippen molar-refractivity contribution in [2.24, 2.45) is 0 Å². The van der Waals surface area contributed by atoms with Crippen LogP contribution in [0.5, 0.6) is 5.75 Å². The summed E-state index contributed by atoms with van der Waals surface area (Å²) in [5, 5.41) is 0.949. The highest BCUT2D eigenvalue weighted by Crippen LogP contribution is 2.28. The molecule has 0 spiro atoms. The molecule has 18 heavy (non-hydrogen) atoms. The number of aromatic nitrogens is 1. The van der Waals surface area contributed by atoms with Crippen LogP contribution in [0, 0.1) is 0 Å². The smallest absolute Gasteiger partial charge is 0.133 e. The van der Waals surface area contributed by atoms with Crippen molar-refractivity contribution in [3.63, 3.8) is 0 Å². The van der Waals surface area contributed by atoms with Crippen LogP contribution in [0.1, 0.15) is 5.56 Å². The van der Waals surface area contributed by atoms with Crippen molar-refractivity contribution in [3.8, 4) is 5.75 Å². The lowest BCUT2D eigenvalue weighted by molar-refractivity contribution is 0.298. The number of rotatable bonds is 4. The molecule has 0 atom stereocenters. The summed E-state index contributed by atoms with van der Waals surface area (Å²) in [6, 6.07) is 9.49. The Morgan fingerprint density at radius 2 is 2.06 bits per heavy atom. The molecule has 0 radical (unpaired) electrons. The maximum atomic E-state index is 6.06. The number of halogens is 2. The molecule has 5 heteroatoms. The van der Waals surface area contributed by atoms with Crippen LogP contribution in [-0.2, 0) is 6.61 Å². The van der Waals surface area contributed by atoms with Gasteiger partial charge in [0.25, 0.3) is 0 Å². The fraction of sp³-hybridized carbons (Fsp3) is 0.154. The van der Waals surface area contributed by atoms with Crippen LogP contribution >= 0.6 is 35.0 Å². The predicted molar refractivity (Wildman–Crippen MR) is 76.8 cm³/mol. The molecule has 0 N–H and O–H groups in total. The Balaban J connectivity index is 2.11. The molecule has 0 unspecified atom stereocenters. The highest BCUT2D eigenvalue weighted by Gasteiger charge is 2.05. The molecule has 0 aliphatic rings. The van der Waals surface area contributed by atoms with Crippen LogP contribution in [0.15, 0.2) is 41.4 Å². The largest absolute Gasteiger partial charge is 0.488 e. The van der Waals surface area contributed by atoms with Crippen LogP contribution in [0.2, 0.25) is 10.2 Å². The first-order valence-electron chi connectivity index (χ1n) is 5.26. The van der Waals surface area contributed by atoms with Gasteiger partial charge >= 0.3 is 0 Å². The molecular formula is C13H11Cl2NOS. The average Bonchev–Trinajstić information content (AvgIpc) is 2.38. The van der Waals surface area contributed by atoms with Crippen molar-refractivity contribution >= 4 is 35.0 Å². The molecule has 0 bridgehead atoms. The molecule has 0 saturated heterocycles. The van der Waals surface area contributed by atoms with Crippen LogP contribution in [0.4, 0.5) is 0 Å². The van der Waals surface area contributed by atoms with Gasteiger partial charge in [0.05, 0.1) is 5.02 Å². The molecule has 0 amide bonds. The van der Waals surface area contributed by atoms with Gasteiger partial charge in [-0.3, -0.25) is 0 Å². The second kappa shape index (κ2) is 6.32. The highest BCUT2D eigenvalue weighted by molar-refractivity contribution is 7.98. The Labute approximate surface area is 120 Å². The first-order chi connectivity index (χ1) is 8.70. The number of para-hydroxylation sites is 1. The number of benzene rings is 1. The van der Waals surface area contributed by atoms with E-state index in [0.29, 0.717) is 16.8 Å². The van der Waals surface area contributed by atoms with Crippen molar-refractivity contribution in [1.82, 2.24) is 4.98 Å². The van der Waals surface area contributed by atoms with Gasteiger partial charge in [0.15, 0.2) is 0 Å². The third-order valence-corrected chi connectivity index (χ3v) is 3.68. The Bertz CT molecular complexity index is 548. The Morgan fingerprint density at radius 1 is 1.28 bits per heavy atom. The van der Waals surface area contributed by atoms with Crippen LogP contribution < -0.4 is 4.74 Å². The van der Waals surface area contributed by atoms with Crippen molar-refractivity contribution in [1.29, 1.82) is 0 Å². The highest BCUT2D eigenvalue weighted by atomic mass is 35.5. The number of pyridine rings is 1. The second-order valence-electron chi connectivity index (χ2n) is 3.54. The van der Waals surface area contributed by atoms with Crippen molar-refractivity contribution < 1.29 is 4.74 Å². The van der Waals surface area contributed by atoms with E-state index < -0.39 is 0 Å². The number of ether oxygens (including phenoxy) is 1. The van der Waals surface area contributed by atoms with E-state index in [1.807, 2.05) is 30.5 Å². The quantitative estimate of drug-likeness (QED) is 0.604. The van der Waals surface area contributed by atoms with Crippen molar-refractivity contribution in [3.05, 3.63) is 52.3 Å². The molecule has 1 aromatic heterocycles. The van der Waals surface area contributed by atoms with Gasteiger partial charge in [-0.25, -0.2) is 4.98 Å². The fourth-order valence-corrected chi connectivity index (χ4v) is 2.40. The SMILES string of the molecule is CSc1ccccc1OCc1cnc(Cl)cc1Cl. The Morgan fingerprint density at radius 3 is 2.78 bits per heavy atom. The van der Waals surface area contributed by atoms with Gasteiger partial charge in [-0.1, -0.05) is 35.3 Å². The van der Waals surface area contributed by atoms with Crippen LogP contribution in [0.25, 0.3) is 0 Å². The topological polar surface area (TPSA) is 22.1 Å². The molecule has 1 heterocycles. The molecule has 0 aliphatic heterocycles. The summed E-state index contributed by atoms with van der Waals surface area (Å²) >= 11 is 13.4. The number of hydrogen-bond acceptors (Lipinski definition) is 3. The summed E-state index contributed by atoms with van der Waals surface area (Å²) in [6.07, 6.45) is 3.64. The summed E-state index contributed by atoms with van der Waals surface area (Å²) in [5.41, 5.74) is 0.817. The molecule has 0 saturated carbocycles. The zero-order valence-corrected chi connectivity index (χ0v) is 12.0. The number of thioether (sulfide) groups is 1. The summed E-state index contributed by atoms with van der Waals surface area (Å²) in [4.78, 5) is 5.08. The lowest BCUT2D eigenvalue weighted by atomic mass is 10.3. The van der Waals surface area contributed by atoms with Crippen molar-refractivity contribution in [2.45, 2.75) is 11.5 Å². The van der Waals surface area contributed by atoms with E-state index in [2.05, 4.69) is 4.98 Å². The van der Waals surface area contributed by atoms with E-state index in [0.717, 1.165) is 16.2 Å². The number of hydrogen-bond donors (Lipinski definition) is 0. The number of nitrogens with zero attached hydrogens (tertiary/aromatic N) is 1. The minimum atomic E-state index is 0.376. The minimum Gasteiger partial charge on any atom is -0.488 e. The van der Waals surface area contributed by atoms with E-state index in [4.69, 9.17) is 27.9 Å². The lowest BCUT2D eigenvalue weighted by Gasteiger charge is -2.10. The van der Waals surface area contributed by atoms with E-state index >= 15 is 0 Å². The van der Waals surface area contributed by atoms with Gasteiger partial charge < -0.3 is 4.74 Å². The standard InChI is InChI=1S/C13H11Cl2NOS/c1-18-12-5-3-2-4-11(12)17-8-9-7-16-13(15)6-10(9)14/h2-7H,8H2,1H3. The first kappa shape index (κ1) is 13.5. The zero-order chi connectivity index (χ0) is 13.0. The van der Waals surface area contributed by atoms with Gasteiger partial charge in [0.2, 0.25) is 0 Å². The zero-order valence-electron chi connectivity index (χ0n) is 9.69. The molecule has 1 aromatic carbocycles. The normalized spacial score (nSPS) is 10.4. The van der Waals surface area contributed by atoms with Crippen LogP contribution in [0.3, 0.4) is 0 Å².